The van der Waals surface area contributed by atoms with Gasteiger partial charge in [-0.3, -0.25) is 14.4 Å². The second-order valence-electron chi connectivity index (χ2n) is 10.6. The van der Waals surface area contributed by atoms with E-state index in [2.05, 4.69) is 5.32 Å². The zero-order valence-electron chi connectivity index (χ0n) is 20.0. The molecule has 0 saturated carbocycles. The number of rotatable bonds is 6. The molecule has 2 N–H and O–H groups in total. The van der Waals surface area contributed by atoms with Crippen LogP contribution in [0.2, 0.25) is 0 Å². The van der Waals surface area contributed by atoms with Gasteiger partial charge in [0, 0.05) is 10.3 Å². The Morgan fingerprint density at radius 1 is 1.27 bits per heavy atom. The van der Waals surface area contributed by atoms with Gasteiger partial charge in [-0.15, -0.1) is 11.8 Å². The second kappa shape index (κ2) is 8.31. The third-order valence-corrected chi connectivity index (χ3v) is 9.18. The predicted molar refractivity (Wildman–Crippen MR) is 126 cm³/mol. The van der Waals surface area contributed by atoms with Gasteiger partial charge in [0.15, 0.2) is 0 Å². The van der Waals surface area contributed by atoms with Gasteiger partial charge in [-0.05, 0) is 53.0 Å². The first kappa shape index (κ1) is 24.1. The van der Waals surface area contributed by atoms with Gasteiger partial charge in [0.2, 0.25) is 11.8 Å². The minimum Gasteiger partial charge on any atom is -0.466 e. The van der Waals surface area contributed by atoms with Crippen molar-refractivity contribution in [2.24, 2.45) is 11.8 Å². The molecule has 6 atom stereocenters. The van der Waals surface area contributed by atoms with Gasteiger partial charge in [0.05, 0.1) is 35.8 Å². The summed E-state index contributed by atoms with van der Waals surface area (Å²) in [6.45, 7) is 9.42. The van der Waals surface area contributed by atoms with Crippen molar-refractivity contribution in [1.29, 1.82) is 0 Å². The largest absolute Gasteiger partial charge is 0.466 e. The molecular formula is C25H34N2O5S. The number of nitrogens with one attached hydrogen (secondary N) is 1. The number of nitrogens with zero attached hydrogens (tertiary/aromatic N) is 1. The molecule has 1 aromatic carbocycles. The lowest BCUT2D eigenvalue weighted by Crippen LogP contribution is -2.57. The highest BCUT2D eigenvalue weighted by molar-refractivity contribution is 8.02. The molecular weight excluding hydrogens is 440 g/mol. The first-order valence-electron chi connectivity index (χ1n) is 11.7. The van der Waals surface area contributed by atoms with Crippen molar-refractivity contribution < 1.29 is 24.2 Å². The number of aliphatic hydroxyl groups is 1. The topological polar surface area (TPSA) is 95.9 Å². The fraction of sp³-hybridized carbons (Fsp3) is 0.640. The molecule has 1 spiro atoms. The molecule has 3 heterocycles. The van der Waals surface area contributed by atoms with Gasteiger partial charge in [0.1, 0.15) is 6.04 Å². The van der Waals surface area contributed by atoms with E-state index >= 15 is 0 Å². The molecule has 0 radical (unpaired) electrons. The van der Waals surface area contributed by atoms with E-state index < -0.39 is 39.0 Å². The van der Waals surface area contributed by atoms with Crippen LogP contribution in [-0.4, -0.2) is 62.1 Å². The van der Waals surface area contributed by atoms with Crippen molar-refractivity contribution in [2.45, 2.75) is 74.6 Å². The molecule has 0 aromatic heterocycles. The molecule has 4 rings (SSSR count). The summed E-state index contributed by atoms with van der Waals surface area (Å²) >= 11 is 1.60. The van der Waals surface area contributed by atoms with E-state index in [1.54, 1.807) is 23.6 Å². The van der Waals surface area contributed by atoms with Gasteiger partial charge >= 0.3 is 5.97 Å². The van der Waals surface area contributed by atoms with E-state index in [0.717, 1.165) is 12.0 Å². The van der Waals surface area contributed by atoms with Crippen LogP contribution in [0.5, 0.6) is 0 Å². The highest BCUT2D eigenvalue weighted by Gasteiger charge is 2.78. The number of hydrogen-bond acceptors (Lipinski definition) is 6. The number of ether oxygens (including phenoxy) is 1. The van der Waals surface area contributed by atoms with Crippen LogP contribution in [0.1, 0.15) is 59.1 Å². The lowest BCUT2D eigenvalue weighted by molar-refractivity contribution is -0.155. The smallest absolute Gasteiger partial charge is 0.311 e. The van der Waals surface area contributed by atoms with E-state index in [9.17, 15) is 19.5 Å². The standard InChI is InChI=1S/C25H34N2O5S/c1-6-32-22(31)18-17-21(30)27(16(14-28)15-10-8-7-9-11-15)19(20(29)26-23(2,3)4)25(17)13-12-24(18,5)33-25/h7-11,16-19,28H,6,12-14H2,1-5H3,(H,26,29)/t16-,17+,18+,19?,24-,25?/m1/s1. The zero-order valence-corrected chi connectivity index (χ0v) is 20.8. The Morgan fingerprint density at radius 2 is 1.94 bits per heavy atom. The van der Waals surface area contributed by atoms with Crippen molar-refractivity contribution in [3.8, 4) is 0 Å². The summed E-state index contributed by atoms with van der Waals surface area (Å²) in [5.74, 6) is -2.14. The Labute approximate surface area is 199 Å². The monoisotopic (exact) mass is 474 g/mol. The lowest BCUT2D eigenvalue weighted by atomic mass is 9.66. The third-order valence-electron chi connectivity index (χ3n) is 7.19. The minimum absolute atomic E-state index is 0.241. The number of benzene rings is 1. The summed E-state index contributed by atoms with van der Waals surface area (Å²) in [7, 11) is 0. The molecule has 2 bridgehead atoms. The quantitative estimate of drug-likeness (QED) is 0.616. The van der Waals surface area contributed by atoms with E-state index in [1.165, 1.54) is 0 Å². The Bertz CT molecular complexity index is 948. The highest BCUT2D eigenvalue weighted by atomic mass is 32.2. The number of hydrogen-bond donors (Lipinski definition) is 2. The summed E-state index contributed by atoms with van der Waals surface area (Å²) in [5, 5.41) is 13.5. The Morgan fingerprint density at radius 3 is 2.52 bits per heavy atom. The second-order valence-corrected chi connectivity index (χ2v) is 12.5. The SMILES string of the molecule is CCOC(=O)[C@@H]1[C@H]2C(=O)N([C@H](CO)c3ccccc3)C(C(=O)NC(C)(C)C)C23CC[C@@]1(C)S3. The number of likely N-dealkylation sites (tertiary alicyclic amines) is 1. The van der Waals surface area contributed by atoms with Crippen LogP contribution in [0.3, 0.4) is 0 Å². The van der Waals surface area contributed by atoms with Crippen molar-refractivity contribution >= 4 is 29.5 Å². The van der Waals surface area contributed by atoms with Gasteiger partial charge in [-0.2, -0.15) is 0 Å². The molecule has 0 aliphatic carbocycles. The Hall–Kier alpha value is -2.06. The first-order chi connectivity index (χ1) is 15.5. The summed E-state index contributed by atoms with van der Waals surface area (Å²) in [6, 6.07) is 7.81. The van der Waals surface area contributed by atoms with Crippen LogP contribution >= 0.6 is 11.8 Å². The molecule has 8 heteroatoms. The van der Waals surface area contributed by atoms with E-state index in [4.69, 9.17) is 4.74 Å². The van der Waals surface area contributed by atoms with Crippen LogP contribution in [0.4, 0.5) is 0 Å². The molecule has 33 heavy (non-hydrogen) atoms. The van der Waals surface area contributed by atoms with E-state index in [1.807, 2.05) is 58.0 Å². The number of thioether (sulfide) groups is 1. The average molecular weight is 475 g/mol. The number of carbonyl (C=O) groups excluding carboxylic acids is 3. The maximum atomic E-state index is 14.1. The molecule has 3 saturated heterocycles. The Kier molecular flexibility index (Phi) is 6.06. The van der Waals surface area contributed by atoms with Crippen LogP contribution in [-0.2, 0) is 19.1 Å². The van der Waals surface area contributed by atoms with E-state index in [-0.39, 0.29) is 31.0 Å². The van der Waals surface area contributed by atoms with Gasteiger partial charge < -0.3 is 20.1 Å². The van der Waals surface area contributed by atoms with Gasteiger partial charge in [-0.25, -0.2) is 0 Å². The maximum Gasteiger partial charge on any atom is 0.311 e. The van der Waals surface area contributed by atoms with Crippen LogP contribution < -0.4 is 5.32 Å². The number of aliphatic hydroxyl groups excluding tert-OH is 1. The summed E-state index contributed by atoms with van der Waals surface area (Å²) < 4.78 is 4.21. The van der Waals surface area contributed by atoms with Crippen LogP contribution in [0.15, 0.2) is 30.3 Å². The fourth-order valence-corrected chi connectivity index (χ4v) is 8.39. The molecule has 7 nitrogen and oxygen atoms in total. The van der Waals surface area contributed by atoms with Crippen molar-refractivity contribution in [2.75, 3.05) is 13.2 Å². The summed E-state index contributed by atoms with van der Waals surface area (Å²) in [5.41, 5.74) is 0.269. The van der Waals surface area contributed by atoms with Gasteiger partial charge in [0.25, 0.3) is 0 Å². The molecule has 180 valence electrons. The van der Waals surface area contributed by atoms with Crippen molar-refractivity contribution in [3.63, 3.8) is 0 Å². The number of amides is 2. The molecule has 3 fully saturated rings. The number of esters is 1. The number of carbonyl (C=O) groups is 3. The zero-order chi connectivity index (χ0) is 24.2. The predicted octanol–water partition coefficient (Wildman–Crippen LogP) is 2.68. The maximum absolute atomic E-state index is 14.1. The molecule has 2 unspecified atom stereocenters. The third kappa shape index (κ3) is 3.75. The van der Waals surface area contributed by atoms with Gasteiger partial charge in [-0.1, -0.05) is 30.3 Å². The highest BCUT2D eigenvalue weighted by Crippen LogP contribution is 2.72. The summed E-state index contributed by atoms with van der Waals surface area (Å²) in [6.07, 6.45) is 1.39. The average Bonchev–Trinajstić information content (AvgIpc) is 3.30. The molecule has 1 aromatic rings. The van der Waals surface area contributed by atoms with Crippen LogP contribution in [0.25, 0.3) is 0 Å². The Balaban J connectivity index is 1.84. The lowest BCUT2D eigenvalue weighted by Gasteiger charge is -2.38. The van der Waals surface area contributed by atoms with E-state index in [0.29, 0.717) is 6.42 Å². The fourth-order valence-electron chi connectivity index (χ4n) is 6.06. The molecule has 2 amide bonds. The normalized spacial score (nSPS) is 33.7. The van der Waals surface area contributed by atoms with Crippen molar-refractivity contribution in [1.82, 2.24) is 10.2 Å². The molecule has 3 aliphatic rings. The number of fused-ring (bicyclic) bond motifs is 1. The minimum atomic E-state index is -0.794. The van der Waals surface area contributed by atoms with Crippen LogP contribution in [0, 0.1) is 11.8 Å². The summed E-state index contributed by atoms with van der Waals surface area (Å²) in [4.78, 5) is 42.5. The molecule has 3 aliphatic heterocycles. The first-order valence-corrected chi connectivity index (χ1v) is 12.5. The van der Waals surface area contributed by atoms with Crippen molar-refractivity contribution in [3.05, 3.63) is 35.9 Å².